The molecule has 150 valence electrons. The van der Waals surface area contributed by atoms with E-state index in [1.807, 2.05) is 83.8 Å². The number of aliphatic hydroxyl groups excluding tert-OH is 1. The van der Waals surface area contributed by atoms with Gasteiger partial charge >= 0.3 is 0 Å². The van der Waals surface area contributed by atoms with Crippen molar-refractivity contribution in [2.75, 3.05) is 55.4 Å². The first kappa shape index (κ1) is 26.4. The van der Waals surface area contributed by atoms with E-state index in [1.54, 1.807) is 0 Å². The summed E-state index contributed by atoms with van der Waals surface area (Å²) in [5.74, 6) is 0.448. The van der Waals surface area contributed by atoms with Crippen molar-refractivity contribution in [2.24, 2.45) is 10.8 Å². The topological polar surface area (TPSA) is 54.4 Å². The standard InChI is InChI=1S/C11H24NO2.C9H20NO/c1-11(2,3)10(14)7-9(13)8-12(4,5)6;1-9(2,3)8(11)7-10(4,5)6/h9,13H,7-8H2,1-6H3;7H2,1-6H3/q2*+1. The fourth-order valence-corrected chi connectivity index (χ4v) is 1.88. The van der Waals surface area contributed by atoms with Crippen LogP contribution in [0, 0.1) is 10.8 Å². The highest BCUT2D eigenvalue weighted by Gasteiger charge is 2.27. The number of ketones is 2. The van der Waals surface area contributed by atoms with Crippen molar-refractivity contribution in [3.63, 3.8) is 0 Å². The Morgan fingerprint density at radius 1 is 0.760 bits per heavy atom. The smallest absolute Gasteiger partial charge is 0.192 e. The number of hydrogen-bond donors (Lipinski definition) is 1. The van der Waals surface area contributed by atoms with E-state index in [2.05, 4.69) is 0 Å². The van der Waals surface area contributed by atoms with Gasteiger partial charge in [-0.15, -0.1) is 0 Å². The zero-order valence-electron chi connectivity index (χ0n) is 18.9. The van der Waals surface area contributed by atoms with Gasteiger partial charge in [-0.1, -0.05) is 41.5 Å². The van der Waals surface area contributed by atoms with Gasteiger partial charge in [0.1, 0.15) is 25.0 Å². The first-order chi connectivity index (χ1) is 10.6. The van der Waals surface area contributed by atoms with Crippen molar-refractivity contribution in [1.82, 2.24) is 0 Å². The van der Waals surface area contributed by atoms with Crippen LogP contribution in [-0.4, -0.2) is 87.1 Å². The van der Waals surface area contributed by atoms with E-state index in [1.165, 1.54) is 0 Å². The Kier molecular flexibility index (Phi) is 9.78. The van der Waals surface area contributed by atoms with Gasteiger partial charge in [-0.2, -0.15) is 0 Å². The molecule has 1 unspecified atom stereocenters. The summed E-state index contributed by atoms with van der Waals surface area (Å²) in [7, 11) is 12.1. The normalized spacial score (nSPS) is 14.4. The van der Waals surface area contributed by atoms with Crippen molar-refractivity contribution >= 4 is 11.6 Å². The number of aliphatic hydroxyl groups is 1. The van der Waals surface area contributed by atoms with Crippen LogP contribution in [0.25, 0.3) is 0 Å². The number of carbonyl (C=O) groups is 2. The first-order valence-electron chi connectivity index (χ1n) is 9.01. The van der Waals surface area contributed by atoms with Gasteiger partial charge in [0.15, 0.2) is 5.78 Å². The maximum atomic E-state index is 11.6. The Bertz CT molecular complexity index is 430. The molecule has 0 saturated carbocycles. The van der Waals surface area contributed by atoms with E-state index in [9.17, 15) is 14.7 Å². The number of nitrogens with zero attached hydrogens (tertiary/aromatic N) is 2. The second-order valence-electron chi connectivity index (χ2n) is 11.1. The van der Waals surface area contributed by atoms with Gasteiger partial charge in [0.05, 0.1) is 42.3 Å². The van der Waals surface area contributed by atoms with Crippen LogP contribution in [0.2, 0.25) is 0 Å². The largest absolute Gasteiger partial charge is 0.387 e. The highest BCUT2D eigenvalue weighted by molar-refractivity contribution is 5.84. The third kappa shape index (κ3) is 16.4. The molecule has 0 aromatic carbocycles. The Labute approximate surface area is 156 Å². The summed E-state index contributed by atoms with van der Waals surface area (Å²) in [6, 6.07) is 0. The van der Waals surface area contributed by atoms with Crippen molar-refractivity contribution in [3.8, 4) is 0 Å². The van der Waals surface area contributed by atoms with E-state index in [0.717, 1.165) is 4.48 Å². The van der Waals surface area contributed by atoms with Crippen molar-refractivity contribution in [1.29, 1.82) is 0 Å². The van der Waals surface area contributed by atoms with Gasteiger partial charge in [-0.05, 0) is 0 Å². The number of rotatable bonds is 6. The summed E-state index contributed by atoms with van der Waals surface area (Å²) < 4.78 is 1.40. The lowest BCUT2D eigenvalue weighted by Crippen LogP contribution is -2.43. The van der Waals surface area contributed by atoms with Crippen LogP contribution in [0.4, 0.5) is 0 Å². The summed E-state index contributed by atoms with van der Waals surface area (Å²) in [5.41, 5.74) is -0.530. The molecule has 0 aliphatic heterocycles. The molecule has 5 nitrogen and oxygen atoms in total. The predicted molar refractivity (Wildman–Crippen MR) is 105 cm³/mol. The summed E-state index contributed by atoms with van der Waals surface area (Å²) in [6.45, 7) is 12.8. The maximum Gasteiger partial charge on any atom is 0.192 e. The molecule has 5 heteroatoms. The van der Waals surface area contributed by atoms with Gasteiger partial charge in [0, 0.05) is 17.3 Å². The highest BCUT2D eigenvalue weighted by Crippen LogP contribution is 2.18. The molecule has 0 aliphatic rings. The van der Waals surface area contributed by atoms with Crippen LogP contribution in [-0.2, 0) is 9.59 Å². The molecule has 25 heavy (non-hydrogen) atoms. The molecule has 0 aromatic rings. The monoisotopic (exact) mass is 360 g/mol. The molecular weight excluding hydrogens is 316 g/mol. The zero-order chi connectivity index (χ0) is 20.9. The average molecular weight is 361 g/mol. The lowest BCUT2D eigenvalue weighted by atomic mass is 9.87. The second-order valence-corrected chi connectivity index (χ2v) is 11.1. The predicted octanol–water partition coefficient (Wildman–Crippen LogP) is 2.37. The van der Waals surface area contributed by atoms with Crippen LogP contribution < -0.4 is 0 Å². The molecule has 0 bridgehead atoms. The van der Waals surface area contributed by atoms with E-state index in [0.29, 0.717) is 23.4 Å². The fraction of sp³-hybridized carbons (Fsp3) is 0.900. The number of likely N-dealkylation sites (N-methyl/N-ethyl adjacent to an activating group) is 2. The van der Waals surface area contributed by atoms with E-state index >= 15 is 0 Å². The lowest BCUT2D eigenvalue weighted by Gasteiger charge is -2.27. The fourth-order valence-electron chi connectivity index (χ4n) is 1.88. The average Bonchev–Trinajstić information content (AvgIpc) is 2.21. The molecule has 0 fully saturated rings. The molecule has 0 amide bonds. The van der Waals surface area contributed by atoms with Crippen molar-refractivity contribution in [2.45, 2.75) is 54.1 Å². The van der Waals surface area contributed by atoms with Crippen LogP contribution in [0.5, 0.6) is 0 Å². The van der Waals surface area contributed by atoms with Crippen molar-refractivity contribution < 1.29 is 23.7 Å². The van der Waals surface area contributed by atoms with Gasteiger partial charge in [-0.3, -0.25) is 9.59 Å². The van der Waals surface area contributed by atoms with Crippen LogP contribution in [0.15, 0.2) is 0 Å². The number of hydrogen-bond acceptors (Lipinski definition) is 3. The van der Waals surface area contributed by atoms with E-state index in [4.69, 9.17) is 0 Å². The SMILES string of the molecule is CC(C)(C)C(=O)CC(O)C[N+](C)(C)C.CC(C)(C)C(=O)C[N+](C)(C)C. The molecule has 0 aromatic heterocycles. The molecule has 1 N–H and O–H groups in total. The van der Waals surface area contributed by atoms with Crippen LogP contribution in [0.3, 0.4) is 0 Å². The molecule has 0 saturated heterocycles. The van der Waals surface area contributed by atoms with Crippen LogP contribution >= 0.6 is 0 Å². The van der Waals surface area contributed by atoms with Gasteiger partial charge in [0.2, 0.25) is 0 Å². The Balaban J connectivity index is 0. The summed E-state index contributed by atoms with van der Waals surface area (Å²) in [5, 5.41) is 9.68. The minimum Gasteiger partial charge on any atom is -0.387 e. The second kappa shape index (κ2) is 9.24. The molecule has 0 radical (unpaired) electrons. The number of carbonyl (C=O) groups excluding carboxylic acids is 2. The summed E-state index contributed by atoms with van der Waals surface area (Å²) in [6.07, 6.45) is -0.263. The number of quaternary nitrogens is 2. The van der Waals surface area contributed by atoms with Crippen LogP contribution in [0.1, 0.15) is 48.0 Å². The third-order valence-corrected chi connectivity index (χ3v) is 3.47. The lowest BCUT2D eigenvalue weighted by molar-refractivity contribution is -0.873. The van der Waals surface area contributed by atoms with E-state index in [-0.39, 0.29) is 23.0 Å². The maximum absolute atomic E-state index is 11.6. The molecule has 0 heterocycles. The summed E-state index contributed by atoms with van der Waals surface area (Å²) >= 11 is 0. The minimum atomic E-state index is -0.526. The van der Waals surface area contributed by atoms with Gasteiger partial charge in [-0.25, -0.2) is 0 Å². The molecule has 0 spiro atoms. The Hall–Kier alpha value is -0.780. The minimum absolute atomic E-state index is 0.124. The third-order valence-electron chi connectivity index (χ3n) is 3.47. The molecule has 0 aliphatic carbocycles. The molecular formula is C20H44N2O3+2. The number of Topliss-reactive ketones (excluding diaryl/α,β-unsaturated/α-hetero) is 2. The Morgan fingerprint density at radius 3 is 1.32 bits per heavy atom. The summed E-state index contributed by atoms with van der Waals surface area (Å²) in [4.78, 5) is 23.1. The van der Waals surface area contributed by atoms with Gasteiger partial charge < -0.3 is 14.1 Å². The van der Waals surface area contributed by atoms with Gasteiger partial charge in [0.25, 0.3) is 0 Å². The zero-order valence-corrected chi connectivity index (χ0v) is 18.9. The Morgan fingerprint density at radius 2 is 1.12 bits per heavy atom. The molecule has 1 atom stereocenters. The van der Waals surface area contributed by atoms with Crippen molar-refractivity contribution in [3.05, 3.63) is 0 Å². The van der Waals surface area contributed by atoms with E-state index < -0.39 is 6.10 Å². The highest BCUT2D eigenvalue weighted by atomic mass is 16.3. The quantitative estimate of drug-likeness (QED) is 0.740. The molecule has 0 rings (SSSR count). The first-order valence-corrected chi connectivity index (χ1v) is 9.01.